The van der Waals surface area contributed by atoms with Gasteiger partial charge in [-0.15, -0.1) is 0 Å². The van der Waals surface area contributed by atoms with Gasteiger partial charge >= 0.3 is 0 Å². The number of nitrogens with zero attached hydrogens (tertiary/aromatic N) is 2. The zero-order valence-corrected chi connectivity index (χ0v) is 35.9. The summed E-state index contributed by atoms with van der Waals surface area (Å²) < 4.78 is 6.25. The molecule has 8 N–H and O–H groups in total. The number of allylic oxidation sites excluding steroid dienone is 8. The van der Waals surface area contributed by atoms with Gasteiger partial charge in [0.25, 0.3) is 5.91 Å². The highest BCUT2D eigenvalue weighted by atomic mass is 16.7. The molecule has 16 heteroatoms. The van der Waals surface area contributed by atoms with E-state index in [1.165, 1.54) is 38.5 Å². The SMILES string of the molecule is CON(C)C(=O)C=CC=C(C)C1CC=CC=CC(O)C(C)C(O)C(CCC(C)O)C(=O)NC(C(C)C)C(=O)NC(C=O)(C=C2C=C(O)C=CC2)CN2CCCC(N2)C(O)O1. The Morgan fingerprint density at radius 2 is 1.88 bits per heavy atom. The Labute approximate surface area is 354 Å². The van der Waals surface area contributed by atoms with Crippen molar-refractivity contribution in [2.24, 2.45) is 17.8 Å². The first-order valence-corrected chi connectivity index (χ1v) is 20.7. The Morgan fingerprint density at radius 3 is 2.53 bits per heavy atom. The number of aldehydes is 1. The lowest BCUT2D eigenvalue weighted by Crippen LogP contribution is -2.65. The van der Waals surface area contributed by atoms with E-state index in [4.69, 9.17) is 9.57 Å². The van der Waals surface area contributed by atoms with Gasteiger partial charge in [0.05, 0.1) is 43.5 Å². The highest BCUT2D eigenvalue weighted by molar-refractivity contribution is 5.92. The predicted octanol–water partition coefficient (Wildman–Crippen LogP) is 2.36. The zero-order chi connectivity index (χ0) is 44.6. The maximum Gasteiger partial charge on any atom is 0.269 e. The van der Waals surface area contributed by atoms with Crippen molar-refractivity contribution in [2.75, 3.05) is 27.2 Å². The second-order valence-corrected chi connectivity index (χ2v) is 16.3. The first kappa shape index (κ1) is 50.1. The van der Waals surface area contributed by atoms with Crippen LogP contribution in [0.15, 0.2) is 83.7 Å². The first-order chi connectivity index (χ1) is 28.4. The lowest BCUT2D eigenvalue weighted by Gasteiger charge is -2.41. The van der Waals surface area contributed by atoms with Crippen LogP contribution in [0.5, 0.6) is 0 Å². The molecule has 1 saturated heterocycles. The molecule has 11 atom stereocenters. The highest BCUT2D eigenvalue weighted by Crippen LogP contribution is 2.26. The Hall–Kier alpha value is -4.26. The quantitative estimate of drug-likeness (QED) is 0.0685. The van der Waals surface area contributed by atoms with Gasteiger partial charge in [0, 0.05) is 32.1 Å². The maximum atomic E-state index is 14.3. The molecule has 3 aliphatic rings. The summed E-state index contributed by atoms with van der Waals surface area (Å²) in [5.74, 6) is -4.21. The van der Waals surface area contributed by atoms with Crippen LogP contribution in [0.3, 0.4) is 0 Å². The maximum absolute atomic E-state index is 14.3. The van der Waals surface area contributed by atoms with Crippen molar-refractivity contribution in [1.29, 1.82) is 0 Å². The van der Waals surface area contributed by atoms with Gasteiger partial charge in [-0.25, -0.2) is 15.5 Å². The van der Waals surface area contributed by atoms with Gasteiger partial charge in [-0.2, -0.15) is 0 Å². The van der Waals surface area contributed by atoms with E-state index in [2.05, 4.69) is 16.1 Å². The number of carbonyl (C=O) groups excluding carboxylic acids is 4. The molecule has 0 radical (unpaired) electrons. The van der Waals surface area contributed by atoms with Gasteiger partial charge in [-0.1, -0.05) is 63.3 Å². The summed E-state index contributed by atoms with van der Waals surface area (Å²) in [6.45, 7) is 8.74. The number of hydrazine groups is 1. The third-order valence-electron chi connectivity index (χ3n) is 10.9. The number of rotatable bonds is 10. The number of carbonyl (C=O) groups is 4. The molecule has 0 aromatic carbocycles. The smallest absolute Gasteiger partial charge is 0.269 e. The summed E-state index contributed by atoms with van der Waals surface area (Å²) in [5.41, 5.74) is 2.81. The summed E-state index contributed by atoms with van der Waals surface area (Å²) in [6.07, 6.45) is 14.6. The van der Waals surface area contributed by atoms with Gasteiger partial charge in [-0.3, -0.25) is 19.2 Å². The molecule has 60 heavy (non-hydrogen) atoms. The van der Waals surface area contributed by atoms with Crippen molar-refractivity contribution >= 4 is 24.0 Å². The third-order valence-corrected chi connectivity index (χ3v) is 10.9. The highest BCUT2D eigenvalue weighted by Gasteiger charge is 2.40. The molecule has 1 aliphatic carbocycles. The molecule has 3 rings (SSSR count). The Balaban J connectivity index is 2.11. The summed E-state index contributed by atoms with van der Waals surface area (Å²) >= 11 is 0. The summed E-state index contributed by atoms with van der Waals surface area (Å²) in [4.78, 5) is 58.8. The summed E-state index contributed by atoms with van der Waals surface area (Å²) in [7, 11) is 2.85. The van der Waals surface area contributed by atoms with Crippen molar-refractivity contribution in [3.63, 3.8) is 0 Å². The zero-order valence-electron chi connectivity index (χ0n) is 35.9. The topological polar surface area (TPSA) is 230 Å². The molecule has 16 nitrogen and oxygen atoms in total. The van der Waals surface area contributed by atoms with E-state index in [0.29, 0.717) is 43.2 Å². The molecule has 334 valence electrons. The molecule has 3 amide bonds. The molecule has 2 bridgehead atoms. The van der Waals surface area contributed by atoms with Gasteiger partial charge in [0.1, 0.15) is 17.3 Å². The van der Waals surface area contributed by atoms with Crippen LogP contribution < -0.4 is 16.1 Å². The fourth-order valence-corrected chi connectivity index (χ4v) is 7.16. The number of hydrogen-bond acceptors (Lipinski definition) is 13. The Morgan fingerprint density at radius 1 is 1.15 bits per heavy atom. The molecule has 0 aromatic rings. The van der Waals surface area contributed by atoms with E-state index in [0.717, 1.165) is 5.06 Å². The molecular weight excluding hydrogens is 775 g/mol. The van der Waals surface area contributed by atoms with Crippen LogP contribution in [0.4, 0.5) is 0 Å². The van der Waals surface area contributed by atoms with Crippen molar-refractivity contribution < 1.29 is 54.3 Å². The van der Waals surface area contributed by atoms with Crippen molar-refractivity contribution in [3.8, 4) is 0 Å². The number of aliphatic hydroxyl groups excluding tert-OH is 5. The van der Waals surface area contributed by atoms with Gasteiger partial charge < -0.3 is 45.7 Å². The lowest BCUT2D eigenvalue weighted by molar-refractivity contribution is -0.162. The van der Waals surface area contributed by atoms with Crippen LogP contribution in [-0.4, -0.2) is 135 Å². The molecule has 2 heterocycles. The minimum absolute atomic E-state index is 0.0307. The van der Waals surface area contributed by atoms with E-state index >= 15 is 0 Å². The van der Waals surface area contributed by atoms with Crippen LogP contribution >= 0.6 is 0 Å². The average Bonchev–Trinajstić information content (AvgIpc) is 3.20. The first-order valence-electron chi connectivity index (χ1n) is 20.7. The van der Waals surface area contributed by atoms with E-state index in [1.807, 2.05) is 0 Å². The number of hydroxylamine groups is 2. The monoisotopic (exact) mass is 841 g/mol. The van der Waals surface area contributed by atoms with Crippen LogP contribution in [0.1, 0.15) is 73.1 Å². The lowest BCUT2D eigenvalue weighted by atomic mass is 9.84. The standard InChI is InChI=1S/C44H67N5O11/c1-28(2)39-42(57)46-44(27-50,25-32-15-12-16-33(52)24-32)26-49-23-13-17-35(47-49)43(58)60-37(29(3)14-11-20-38(54)48(6)59-7)19-10-8-9-18-36(53)31(5)40(55)34(41(56)45-39)22-21-30(4)51/h8-12,14,16,18,20,24-25,27-28,30-31,34-37,39-40,43,47,51-53,55,58H,13,15,17,19,21-23,26H2,1-7H3,(H,45,56)(H,46,57). The minimum atomic E-state index is -1.70. The molecule has 0 saturated carbocycles. The predicted molar refractivity (Wildman–Crippen MR) is 226 cm³/mol. The molecule has 0 aromatic heterocycles. The number of hydrogen-bond donors (Lipinski definition) is 8. The Kier molecular flexibility index (Phi) is 20.2. The van der Waals surface area contributed by atoms with Gasteiger partial charge in [0.15, 0.2) is 12.6 Å². The number of nitrogens with one attached hydrogen (secondary N) is 3. The van der Waals surface area contributed by atoms with Crippen LogP contribution in [0, 0.1) is 17.8 Å². The van der Waals surface area contributed by atoms with E-state index in [9.17, 15) is 44.7 Å². The van der Waals surface area contributed by atoms with Crippen LogP contribution in [0.25, 0.3) is 0 Å². The third kappa shape index (κ3) is 15.3. The normalized spacial score (nSPS) is 33.1. The van der Waals surface area contributed by atoms with Crippen molar-refractivity contribution in [1.82, 2.24) is 26.1 Å². The molecule has 0 spiro atoms. The number of fused-ring (bicyclic) bond motifs is 2. The molecule has 11 unspecified atom stereocenters. The Bertz CT molecular complexity index is 1670. The van der Waals surface area contributed by atoms with Gasteiger partial charge in [0.2, 0.25) is 11.8 Å². The molecule has 1 fully saturated rings. The van der Waals surface area contributed by atoms with Crippen LogP contribution in [0.2, 0.25) is 0 Å². The number of likely N-dealkylation sites (N-methyl/N-ethyl adjacent to an activating group) is 1. The average molecular weight is 842 g/mol. The number of aliphatic hydroxyl groups is 5. The van der Waals surface area contributed by atoms with Crippen molar-refractivity contribution in [2.45, 2.75) is 121 Å². The number of ether oxygens (including phenoxy) is 1. The van der Waals surface area contributed by atoms with E-state index in [-0.39, 0.29) is 37.5 Å². The molecule has 2 aliphatic heterocycles. The largest absolute Gasteiger partial charge is 0.508 e. The second kappa shape index (κ2) is 24.3. The fourth-order valence-electron chi connectivity index (χ4n) is 7.16. The number of amides is 3. The van der Waals surface area contributed by atoms with E-state index in [1.54, 1.807) is 82.2 Å². The van der Waals surface area contributed by atoms with Crippen LogP contribution in [-0.2, 0) is 28.8 Å². The van der Waals surface area contributed by atoms with Crippen molar-refractivity contribution in [3.05, 3.63) is 83.7 Å². The van der Waals surface area contributed by atoms with Gasteiger partial charge in [-0.05, 0) is 87.7 Å². The van der Waals surface area contributed by atoms with E-state index < -0.39 is 77.9 Å². The fraction of sp³-hybridized carbons (Fsp3) is 0.591. The minimum Gasteiger partial charge on any atom is -0.508 e. The molecular formula is C44H67N5O11. The summed E-state index contributed by atoms with van der Waals surface area (Å²) in [5, 5.41) is 63.0. The summed E-state index contributed by atoms with van der Waals surface area (Å²) in [6, 6.07) is -1.81. The second-order valence-electron chi connectivity index (χ2n) is 16.3.